The Hall–Kier alpha value is -1.10. The summed E-state index contributed by atoms with van der Waals surface area (Å²) in [5.74, 6) is 0.911. The lowest BCUT2D eigenvalue weighted by molar-refractivity contribution is -0.0228. The maximum atomic E-state index is 5.74. The highest BCUT2D eigenvalue weighted by molar-refractivity contribution is 5.27. The van der Waals surface area contributed by atoms with Gasteiger partial charge in [0.1, 0.15) is 5.75 Å². The van der Waals surface area contributed by atoms with Gasteiger partial charge in [0.25, 0.3) is 0 Å². The minimum absolute atomic E-state index is 0.244. The van der Waals surface area contributed by atoms with E-state index in [9.17, 15) is 0 Å². The average molecular weight is 292 g/mol. The van der Waals surface area contributed by atoms with Crippen LogP contribution in [0.1, 0.15) is 18.4 Å². The molecular formula is C17H28N2O2. The van der Waals surface area contributed by atoms with Crippen LogP contribution in [0.3, 0.4) is 0 Å². The van der Waals surface area contributed by atoms with Crippen LogP contribution >= 0.6 is 0 Å². The lowest BCUT2D eigenvalue weighted by Crippen LogP contribution is -2.47. The fourth-order valence-corrected chi connectivity index (χ4v) is 3.28. The summed E-state index contributed by atoms with van der Waals surface area (Å²) in [4.78, 5) is 2.40. The summed E-state index contributed by atoms with van der Waals surface area (Å²) in [6.07, 6.45) is 2.40. The first-order valence-electron chi connectivity index (χ1n) is 7.71. The first-order valence-corrected chi connectivity index (χ1v) is 7.71. The number of benzene rings is 1. The van der Waals surface area contributed by atoms with Crippen LogP contribution in [0.5, 0.6) is 5.75 Å². The quantitative estimate of drug-likeness (QED) is 0.835. The SMILES string of the molecule is CNCC1(CN(C)Cc2ccc(OC)cc2)CCCOC1. The van der Waals surface area contributed by atoms with Crippen LogP contribution < -0.4 is 10.1 Å². The number of nitrogens with one attached hydrogen (secondary N) is 1. The Kier molecular flexibility index (Phi) is 6.03. The number of hydrogen-bond acceptors (Lipinski definition) is 4. The van der Waals surface area contributed by atoms with Crippen molar-refractivity contribution in [2.45, 2.75) is 19.4 Å². The molecule has 1 heterocycles. The molecule has 21 heavy (non-hydrogen) atoms. The molecule has 0 saturated carbocycles. The largest absolute Gasteiger partial charge is 0.497 e. The normalized spacial score (nSPS) is 22.5. The lowest BCUT2D eigenvalue weighted by atomic mass is 9.82. The van der Waals surface area contributed by atoms with Crippen molar-refractivity contribution in [1.29, 1.82) is 0 Å². The minimum Gasteiger partial charge on any atom is -0.497 e. The molecule has 0 bridgehead atoms. The molecule has 0 aromatic heterocycles. The van der Waals surface area contributed by atoms with E-state index in [4.69, 9.17) is 9.47 Å². The smallest absolute Gasteiger partial charge is 0.118 e. The zero-order chi connectivity index (χ0) is 15.1. The van der Waals surface area contributed by atoms with Crippen molar-refractivity contribution in [2.75, 3.05) is 47.5 Å². The third-order valence-electron chi connectivity index (χ3n) is 4.17. The lowest BCUT2D eigenvalue weighted by Gasteiger charge is -2.40. The Labute approximate surface area is 128 Å². The summed E-state index contributed by atoms with van der Waals surface area (Å²) in [6.45, 7) is 4.80. The predicted molar refractivity (Wildman–Crippen MR) is 85.7 cm³/mol. The summed E-state index contributed by atoms with van der Waals surface area (Å²) in [5.41, 5.74) is 1.56. The molecule has 1 N–H and O–H groups in total. The van der Waals surface area contributed by atoms with Gasteiger partial charge in [-0.2, -0.15) is 0 Å². The molecule has 1 aliphatic heterocycles. The maximum absolute atomic E-state index is 5.74. The number of hydrogen-bond donors (Lipinski definition) is 1. The zero-order valence-corrected chi connectivity index (χ0v) is 13.5. The Bertz CT molecular complexity index is 408. The van der Waals surface area contributed by atoms with E-state index in [-0.39, 0.29) is 5.41 Å². The summed E-state index contributed by atoms with van der Waals surface area (Å²) >= 11 is 0. The highest BCUT2D eigenvalue weighted by atomic mass is 16.5. The van der Waals surface area contributed by atoms with E-state index in [2.05, 4.69) is 29.4 Å². The van der Waals surface area contributed by atoms with Gasteiger partial charge in [0.05, 0.1) is 13.7 Å². The highest BCUT2D eigenvalue weighted by Gasteiger charge is 2.33. The summed E-state index contributed by atoms with van der Waals surface area (Å²) < 4.78 is 10.9. The minimum atomic E-state index is 0.244. The zero-order valence-electron chi connectivity index (χ0n) is 13.5. The number of nitrogens with zero attached hydrogens (tertiary/aromatic N) is 1. The molecule has 0 spiro atoms. The van der Waals surface area contributed by atoms with Gasteiger partial charge in [0.2, 0.25) is 0 Å². The highest BCUT2D eigenvalue weighted by Crippen LogP contribution is 2.29. The third-order valence-corrected chi connectivity index (χ3v) is 4.17. The average Bonchev–Trinajstić information content (AvgIpc) is 2.49. The molecule has 1 aromatic rings. The summed E-state index contributed by atoms with van der Waals surface area (Å²) in [7, 11) is 5.92. The van der Waals surface area contributed by atoms with Crippen molar-refractivity contribution in [3.05, 3.63) is 29.8 Å². The van der Waals surface area contributed by atoms with Gasteiger partial charge in [-0.1, -0.05) is 12.1 Å². The van der Waals surface area contributed by atoms with Crippen LogP contribution in [0.15, 0.2) is 24.3 Å². The van der Waals surface area contributed by atoms with Crippen LogP contribution in [-0.4, -0.2) is 52.4 Å². The van der Waals surface area contributed by atoms with E-state index >= 15 is 0 Å². The van der Waals surface area contributed by atoms with Gasteiger partial charge in [0.15, 0.2) is 0 Å². The van der Waals surface area contributed by atoms with Crippen molar-refractivity contribution in [3.8, 4) is 5.75 Å². The summed E-state index contributed by atoms with van der Waals surface area (Å²) in [5, 5.41) is 3.34. The van der Waals surface area contributed by atoms with Crippen LogP contribution in [0, 0.1) is 5.41 Å². The van der Waals surface area contributed by atoms with Crippen LogP contribution in [0.4, 0.5) is 0 Å². The van der Waals surface area contributed by atoms with Crippen molar-refractivity contribution in [3.63, 3.8) is 0 Å². The molecule has 0 radical (unpaired) electrons. The molecule has 118 valence electrons. The Balaban J connectivity index is 1.93. The van der Waals surface area contributed by atoms with Crippen molar-refractivity contribution in [2.24, 2.45) is 5.41 Å². The van der Waals surface area contributed by atoms with Crippen molar-refractivity contribution < 1.29 is 9.47 Å². The number of rotatable bonds is 7. The molecule has 1 unspecified atom stereocenters. The molecule has 4 nitrogen and oxygen atoms in total. The van der Waals surface area contributed by atoms with Crippen molar-refractivity contribution >= 4 is 0 Å². The van der Waals surface area contributed by atoms with Gasteiger partial charge in [-0.05, 0) is 44.6 Å². The Morgan fingerprint density at radius 3 is 2.67 bits per heavy atom. The molecule has 1 aromatic carbocycles. The van der Waals surface area contributed by atoms with E-state index in [1.807, 2.05) is 19.2 Å². The standard InChI is InChI=1S/C17H28N2O2/c1-18-12-17(9-4-10-21-14-17)13-19(2)11-15-5-7-16(20-3)8-6-15/h5-8,18H,4,9-14H2,1-3H3. The van der Waals surface area contributed by atoms with Crippen LogP contribution in [0.2, 0.25) is 0 Å². The number of ether oxygens (including phenoxy) is 2. The predicted octanol–water partition coefficient (Wildman–Crippen LogP) is 2.14. The van der Waals surface area contributed by atoms with Crippen LogP contribution in [0.25, 0.3) is 0 Å². The van der Waals surface area contributed by atoms with Gasteiger partial charge in [-0.15, -0.1) is 0 Å². The second-order valence-electron chi connectivity index (χ2n) is 6.21. The van der Waals surface area contributed by atoms with E-state index in [0.717, 1.165) is 45.0 Å². The molecule has 0 aliphatic carbocycles. The van der Waals surface area contributed by atoms with Crippen LogP contribution in [-0.2, 0) is 11.3 Å². The van der Waals surface area contributed by atoms with Gasteiger partial charge < -0.3 is 19.7 Å². The number of methoxy groups -OCH3 is 1. The van der Waals surface area contributed by atoms with Crippen molar-refractivity contribution in [1.82, 2.24) is 10.2 Å². The molecule has 4 heteroatoms. The van der Waals surface area contributed by atoms with E-state index in [1.165, 1.54) is 12.0 Å². The van der Waals surface area contributed by atoms with Gasteiger partial charge >= 0.3 is 0 Å². The molecule has 2 rings (SSSR count). The van der Waals surface area contributed by atoms with E-state index in [1.54, 1.807) is 7.11 Å². The molecule has 0 amide bonds. The molecule has 1 saturated heterocycles. The van der Waals surface area contributed by atoms with Gasteiger partial charge in [-0.25, -0.2) is 0 Å². The molecular weight excluding hydrogens is 264 g/mol. The Morgan fingerprint density at radius 2 is 2.10 bits per heavy atom. The third kappa shape index (κ3) is 4.70. The Morgan fingerprint density at radius 1 is 1.33 bits per heavy atom. The van der Waals surface area contributed by atoms with E-state index < -0.39 is 0 Å². The fourth-order valence-electron chi connectivity index (χ4n) is 3.28. The first-order chi connectivity index (χ1) is 10.2. The second kappa shape index (κ2) is 7.78. The van der Waals surface area contributed by atoms with Gasteiger partial charge in [0, 0.05) is 31.7 Å². The molecule has 1 atom stereocenters. The monoisotopic (exact) mass is 292 g/mol. The second-order valence-corrected chi connectivity index (χ2v) is 6.21. The first kappa shape index (κ1) is 16.3. The van der Waals surface area contributed by atoms with E-state index in [0.29, 0.717) is 0 Å². The fraction of sp³-hybridized carbons (Fsp3) is 0.647. The van der Waals surface area contributed by atoms with Gasteiger partial charge in [-0.3, -0.25) is 0 Å². The maximum Gasteiger partial charge on any atom is 0.118 e. The summed E-state index contributed by atoms with van der Waals surface area (Å²) in [6, 6.07) is 8.32. The molecule has 1 aliphatic rings. The molecule has 1 fully saturated rings. The topological polar surface area (TPSA) is 33.7 Å².